The van der Waals surface area contributed by atoms with E-state index in [1.54, 1.807) is 16.2 Å². The van der Waals surface area contributed by atoms with Gasteiger partial charge in [0, 0.05) is 53.2 Å². The van der Waals surface area contributed by atoms with Gasteiger partial charge in [-0.2, -0.15) is 0 Å². The van der Waals surface area contributed by atoms with Crippen molar-refractivity contribution >= 4 is 34.1 Å². The number of rotatable bonds is 5. The molecular formula is C21H24N4O3S. The molecule has 8 heteroatoms. The van der Waals surface area contributed by atoms with Crippen molar-refractivity contribution in [2.24, 2.45) is 0 Å². The van der Waals surface area contributed by atoms with Gasteiger partial charge in [0.05, 0.1) is 18.2 Å². The lowest BCUT2D eigenvalue weighted by Gasteiger charge is -2.32. The number of ether oxygens (including phenoxy) is 1. The van der Waals surface area contributed by atoms with Crippen molar-refractivity contribution in [2.75, 3.05) is 26.2 Å². The molecule has 1 aromatic carbocycles. The molecule has 3 aromatic rings. The van der Waals surface area contributed by atoms with Crippen molar-refractivity contribution in [1.82, 2.24) is 20.2 Å². The lowest BCUT2D eigenvalue weighted by molar-refractivity contribution is -0.137. The number of aromatic amines is 1. The molecule has 7 nitrogen and oxygen atoms in total. The van der Waals surface area contributed by atoms with Gasteiger partial charge in [-0.1, -0.05) is 0 Å². The molecule has 1 aliphatic heterocycles. The second-order valence-corrected chi connectivity index (χ2v) is 8.21. The Kier molecular flexibility index (Phi) is 5.64. The van der Waals surface area contributed by atoms with Gasteiger partial charge in [-0.15, -0.1) is 11.3 Å². The van der Waals surface area contributed by atoms with Crippen molar-refractivity contribution in [1.29, 1.82) is 0 Å². The first-order valence-electron chi connectivity index (χ1n) is 9.68. The summed E-state index contributed by atoms with van der Waals surface area (Å²) >= 11 is 1.59. The quantitative estimate of drug-likeness (QED) is 0.674. The first-order chi connectivity index (χ1) is 14.0. The highest BCUT2D eigenvalue weighted by molar-refractivity contribution is 7.09. The summed E-state index contributed by atoms with van der Waals surface area (Å²) in [6.45, 7) is 5.55. The van der Waals surface area contributed by atoms with Crippen molar-refractivity contribution in [2.45, 2.75) is 26.4 Å². The average Bonchev–Trinajstić information content (AvgIpc) is 3.32. The normalized spacial score (nSPS) is 16.9. The fraction of sp³-hybridized carbons (Fsp3) is 0.381. The van der Waals surface area contributed by atoms with E-state index in [4.69, 9.17) is 4.74 Å². The van der Waals surface area contributed by atoms with Crippen LogP contribution in [-0.2, 0) is 16.0 Å². The van der Waals surface area contributed by atoms with Gasteiger partial charge in [-0.3, -0.25) is 9.59 Å². The van der Waals surface area contributed by atoms with Crippen LogP contribution in [0.5, 0.6) is 0 Å². The number of carbonyl (C=O) groups excluding carboxylic acids is 2. The molecule has 4 rings (SSSR count). The molecule has 0 aliphatic carbocycles. The van der Waals surface area contributed by atoms with Gasteiger partial charge < -0.3 is 19.9 Å². The number of amides is 2. The maximum atomic E-state index is 13.0. The van der Waals surface area contributed by atoms with Gasteiger partial charge in [0.15, 0.2) is 6.10 Å². The number of thiazole rings is 1. The van der Waals surface area contributed by atoms with Crippen LogP contribution in [0.4, 0.5) is 0 Å². The Labute approximate surface area is 173 Å². The third-order valence-corrected chi connectivity index (χ3v) is 6.11. The zero-order chi connectivity index (χ0) is 20.4. The van der Waals surface area contributed by atoms with Crippen molar-refractivity contribution < 1.29 is 14.3 Å². The number of nitrogens with one attached hydrogen (secondary N) is 2. The van der Waals surface area contributed by atoms with Crippen LogP contribution in [0.2, 0.25) is 0 Å². The van der Waals surface area contributed by atoms with E-state index >= 15 is 0 Å². The highest BCUT2D eigenvalue weighted by Gasteiger charge is 2.29. The Morgan fingerprint density at radius 2 is 2.24 bits per heavy atom. The summed E-state index contributed by atoms with van der Waals surface area (Å²) in [5.74, 6) is -0.264. The van der Waals surface area contributed by atoms with Crippen molar-refractivity contribution in [3.05, 3.63) is 51.6 Å². The lowest BCUT2D eigenvalue weighted by atomic mass is 10.1. The van der Waals surface area contributed by atoms with Crippen molar-refractivity contribution in [3.8, 4) is 0 Å². The van der Waals surface area contributed by atoms with E-state index in [2.05, 4.69) is 15.3 Å². The van der Waals surface area contributed by atoms with Gasteiger partial charge in [-0.25, -0.2) is 4.98 Å². The van der Waals surface area contributed by atoms with Gasteiger partial charge in [0.2, 0.25) is 0 Å². The molecule has 0 bridgehead atoms. The first kappa shape index (κ1) is 19.6. The molecule has 1 aliphatic rings. The summed E-state index contributed by atoms with van der Waals surface area (Å²) < 4.78 is 5.62. The number of fused-ring (bicyclic) bond motifs is 1. The molecule has 152 valence electrons. The average molecular weight is 413 g/mol. The maximum absolute atomic E-state index is 13.0. The Morgan fingerprint density at radius 1 is 1.38 bits per heavy atom. The summed E-state index contributed by atoms with van der Waals surface area (Å²) in [7, 11) is 0. The summed E-state index contributed by atoms with van der Waals surface area (Å²) in [4.78, 5) is 34.7. The molecular weight excluding hydrogens is 388 g/mol. The summed E-state index contributed by atoms with van der Waals surface area (Å²) in [5, 5.41) is 6.93. The number of hydrogen-bond donors (Lipinski definition) is 2. The van der Waals surface area contributed by atoms with Gasteiger partial charge in [-0.05, 0) is 37.6 Å². The molecule has 29 heavy (non-hydrogen) atoms. The number of carbonyl (C=O) groups is 2. The van der Waals surface area contributed by atoms with Crippen molar-refractivity contribution in [3.63, 3.8) is 0 Å². The minimum absolute atomic E-state index is 0.0770. The minimum Gasteiger partial charge on any atom is -0.365 e. The molecule has 2 N–H and O–H groups in total. The van der Waals surface area contributed by atoms with Crippen LogP contribution in [0.15, 0.2) is 29.8 Å². The van der Waals surface area contributed by atoms with E-state index in [1.165, 1.54) is 0 Å². The number of hydrogen-bond acceptors (Lipinski definition) is 5. The molecule has 0 radical (unpaired) electrons. The number of H-pyrrole nitrogens is 1. The van der Waals surface area contributed by atoms with Crippen LogP contribution in [0.25, 0.3) is 10.9 Å². The molecule has 1 unspecified atom stereocenters. The van der Waals surface area contributed by atoms with E-state index in [9.17, 15) is 9.59 Å². The van der Waals surface area contributed by atoms with Gasteiger partial charge in [0.25, 0.3) is 11.8 Å². The molecule has 3 heterocycles. The third kappa shape index (κ3) is 4.33. The smallest absolute Gasteiger partial charge is 0.254 e. The first-order valence-corrected chi connectivity index (χ1v) is 10.6. The predicted octanol–water partition coefficient (Wildman–Crippen LogP) is 2.44. The largest absolute Gasteiger partial charge is 0.365 e. The Balaban J connectivity index is 1.35. The molecule has 2 aromatic heterocycles. The number of benzene rings is 1. The second kappa shape index (κ2) is 8.34. The highest BCUT2D eigenvalue weighted by atomic mass is 32.1. The second-order valence-electron chi connectivity index (χ2n) is 7.27. The number of nitrogens with zero attached hydrogens (tertiary/aromatic N) is 2. The van der Waals surface area contributed by atoms with Crippen LogP contribution in [0.1, 0.15) is 26.6 Å². The minimum atomic E-state index is -0.650. The monoisotopic (exact) mass is 412 g/mol. The topological polar surface area (TPSA) is 87.3 Å². The highest BCUT2D eigenvalue weighted by Crippen LogP contribution is 2.20. The SMILES string of the molecule is Cc1csc(CCNC(=O)C2CN(C(=O)c3ccc4[nH]cc(C)c4c3)CCO2)n1. The molecule has 0 saturated carbocycles. The molecule has 1 saturated heterocycles. The zero-order valence-corrected chi connectivity index (χ0v) is 17.3. The summed E-state index contributed by atoms with van der Waals surface area (Å²) in [5.41, 5.74) is 3.73. The molecule has 1 fully saturated rings. The Morgan fingerprint density at radius 3 is 3.03 bits per heavy atom. The molecule has 1 atom stereocenters. The van der Waals surface area contributed by atoms with Gasteiger partial charge in [0.1, 0.15) is 0 Å². The Hall–Kier alpha value is -2.71. The van der Waals surface area contributed by atoms with E-state index in [-0.39, 0.29) is 18.4 Å². The fourth-order valence-corrected chi connectivity index (χ4v) is 4.27. The number of morpholine rings is 1. The third-order valence-electron chi connectivity index (χ3n) is 5.09. The number of aryl methyl sites for hydroxylation is 2. The van der Waals surface area contributed by atoms with Crippen LogP contribution in [0, 0.1) is 13.8 Å². The van der Waals surface area contributed by atoms with E-state index < -0.39 is 6.10 Å². The molecule has 2 amide bonds. The van der Waals surface area contributed by atoms with E-state index in [0.717, 1.165) is 27.2 Å². The van der Waals surface area contributed by atoms with Crippen LogP contribution in [-0.4, -0.2) is 59.0 Å². The number of aromatic nitrogens is 2. The Bertz CT molecular complexity index is 1040. The van der Waals surface area contributed by atoms with Crippen LogP contribution >= 0.6 is 11.3 Å². The fourth-order valence-electron chi connectivity index (χ4n) is 3.49. The van der Waals surface area contributed by atoms with E-state index in [1.807, 2.05) is 43.6 Å². The zero-order valence-electron chi connectivity index (χ0n) is 16.5. The van der Waals surface area contributed by atoms with Gasteiger partial charge >= 0.3 is 0 Å². The lowest BCUT2D eigenvalue weighted by Crippen LogP contribution is -2.51. The summed E-state index contributed by atoms with van der Waals surface area (Å²) in [6, 6.07) is 5.64. The van der Waals surface area contributed by atoms with Crippen LogP contribution < -0.4 is 5.32 Å². The maximum Gasteiger partial charge on any atom is 0.254 e. The van der Waals surface area contributed by atoms with Crippen LogP contribution in [0.3, 0.4) is 0 Å². The molecule has 0 spiro atoms. The standard InChI is InChI=1S/C21H24N4O3S/c1-13-10-23-17-4-3-15(9-16(13)17)21(27)25-7-8-28-18(11-25)20(26)22-6-5-19-24-14(2)12-29-19/h3-4,9-10,12,18,23H,5-8,11H2,1-2H3,(H,22,26). The van der Waals surface area contributed by atoms with E-state index in [0.29, 0.717) is 31.7 Å². The summed E-state index contributed by atoms with van der Waals surface area (Å²) in [6.07, 6.45) is 1.97. The predicted molar refractivity (Wildman–Crippen MR) is 112 cm³/mol.